The largest absolute Gasteiger partial charge is 0.492 e. The maximum Gasteiger partial charge on any atom is 0.225 e. The molecule has 1 aliphatic heterocycles. The van der Waals surface area contributed by atoms with Gasteiger partial charge in [0, 0.05) is 24.5 Å². The lowest BCUT2D eigenvalue weighted by atomic mass is 10.0. The van der Waals surface area contributed by atoms with Crippen molar-refractivity contribution in [2.75, 3.05) is 11.9 Å². The first-order valence-electron chi connectivity index (χ1n) is 8.08. The van der Waals surface area contributed by atoms with Crippen LogP contribution in [0.25, 0.3) is 0 Å². The number of anilines is 1. The van der Waals surface area contributed by atoms with Crippen LogP contribution in [0.2, 0.25) is 0 Å². The van der Waals surface area contributed by atoms with Gasteiger partial charge in [0.05, 0.1) is 12.3 Å². The molecule has 22 heavy (non-hydrogen) atoms. The topological polar surface area (TPSA) is 47.6 Å². The number of carbonyl (C=O) groups is 1. The van der Waals surface area contributed by atoms with Gasteiger partial charge in [-0.25, -0.2) is 0 Å². The van der Waals surface area contributed by atoms with Crippen molar-refractivity contribution in [1.82, 2.24) is 0 Å². The fraction of sp³-hybridized carbons (Fsp3) is 0.500. The second kappa shape index (κ2) is 6.42. The first kappa shape index (κ1) is 14.9. The van der Waals surface area contributed by atoms with Crippen LogP contribution in [0.3, 0.4) is 0 Å². The summed E-state index contributed by atoms with van der Waals surface area (Å²) in [7, 11) is 0. The van der Waals surface area contributed by atoms with E-state index in [-0.39, 0.29) is 12.0 Å². The van der Waals surface area contributed by atoms with Crippen LogP contribution in [0.1, 0.15) is 38.7 Å². The maximum absolute atomic E-state index is 12.2. The number of benzene rings is 1. The lowest BCUT2D eigenvalue weighted by Gasteiger charge is -2.14. The second-order valence-electron chi connectivity index (χ2n) is 6.04. The quantitative estimate of drug-likeness (QED) is 0.844. The first-order chi connectivity index (χ1) is 10.7. The number of ether oxygens (including phenoxy) is 2. The SMILES string of the molecule is CCOc1cc2c(cc1NC(=O)C[C@H]1C=CCC1)O[C@@H](C)C2. The van der Waals surface area contributed by atoms with Gasteiger partial charge in [0.1, 0.15) is 17.6 Å². The number of allylic oxidation sites excluding steroid dienone is 2. The molecule has 1 aromatic carbocycles. The highest BCUT2D eigenvalue weighted by Gasteiger charge is 2.23. The van der Waals surface area contributed by atoms with Gasteiger partial charge in [0.15, 0.2) is 0 Å². The molecular formula is C18H23NO3. The van der Waals surface area contributed by atoms with Gasteiger partial charge in [-0.2, -0.15) is 0 Å². The summed E-state index contributed by atoms with van der Waals surface area (Å²) in [4.78, 5) is 12.2. The zero-order valence-corrected chi connectivity index (χ0v) is 13.2. The predicted octanol–water partition coefficient (Wildman–Crippen LogP) is 3.70. The molecule has 0 fully saturated rings. The van der Waals surface area contributed by atoms with E-state index in [1.54, 1.807) is 0 Å². The molecule has 4 nitrogen and oxygen atoms in total. The number of fused-ring (bicyclic) bond motifs is 1. The molecule has 0 bridgehead atoms. The molecule has 0 radical (unpaired) electrons. The second-order valence-corrected chi connectivity index (χ2v) is 6.04. The van der Waals surface area contributed by atoms with Gasteiger partial charge in [0.2, 0.25) is 5.91 Å². The van der Waals surface area contributed by atoms with Crippen LogP contribution in [0.4, 0.5) is 5.69 Å². The van der Waals surface area contributed by atoms with E-state index in [1.165, 1.54) is 0 Å². The minimum atomic E-state index is 0.0310. The van der Waals surface area contributed by atoms with Gasteiger partial charge < -0.3 is 14.8 Å². The molecule has 4 heteroatoms. The summed E-state index contributed by atoms with van der Waals surface area (Å²) in [6, 6.07) is 3.89. The molecule has 2 aliphatic rings. The lowest BCUT2D eigenvalue weighted by molar-refractivity contribution is -0.116. The Bertz CT molecular complexity index is 594. The summed E-state index contributed by atoms with van der Waals surface area (Å²) >= 11 is 0. The lowest BCUT2D eigenvalue weighted by Crippen LogP contribution is -2.15. The van der Waals surface area contributed by atoms with Gasteiger partial charge >= 0.3 is 0 Å². The van der Waals surface area contributed by atoms with E-state index in [1.807, 2.05) is 26.0 Å². The number of rotatable bonds is 5. The number of hydrogen-bond acceptors (Lipinski definition) is 3. The average Bonchev–Trinajstić information content (AvgIpc) is 3.07. The van der Waals surface area contributed by atoms with Crippen molar-refractivity contribution < 1.29 is 14.3 Å². The van der Waals surface area contributed by atoms with E-state index in [2.05, 4.69) is 17.5 Å². The Morgan fingerprint density at radius 1 is 1.45 bits per heavy atom. The van der Waals surface area contributed by atoms with Gasteiger partial charge in [-0.3, -0.25) is 4.79 Å². The molecule has 0 saturated carbocycles. The van der Waals surface area contributed by atoms with Crippen LogP contribution in [0.15, 0.2) is 24.3 Å². The summed E-state index contributed by atoms with van der Waals surface area (Å²) in [5, 5.41) is 2.99. The summed E-state index contributed by atoms with van der Waals surface area (Å²) in [6.07, 6.45) is 8.01. The Kier molecular flexibility index (Phi) is 4.36. The normalized spacial score (nSPS) is 22.3. The number of carbonyl (C=O) groups excluding carboxylic acids is 1. The Balaban J connectivity index is 1.75. The first-order valence-corrected chi connectivity index (χ1v) is 8.08. The monoisotopic (exact) mass is 301 g/mol. The summed E-state index contributed by atoms with van der Waals surface area (Å²) in [5.74, 6) is 1.98. The molecule has 0 saturated heterocycles. The Morgan fingerprint density at radius 2 is 2.32 bits per heavy atom. The van der Waals surface area contributed by atoms with Gasteiger partial charge in [-0.05, 0) is 38.7 Å². The molecule has 2 atom stereocenters. The highest BCUT2D eigenvalue weighted by atomic mass is 16.5. The summed E-state index contributed by atoms with van der Waals surface area (Å²) < 4.78 is 11.5. The molecule has 1 amide bonds. The molecule has 0 spiro atoms. The van der Waals surface area contributed by atoms with Gasteiger partial charge in [0.25, 0.3) is 0 Å². The number of nitrogens with one attached hydrogen (secondary N) is 1. The average molecular weight is 301 g/mol. The minimum absolute atomic E-state index is 0.0310. The van der Waals surface area contributed by atoms with E-state index >= 15 is 0 Å². The molecule has 1 aliphatic carbocycles. The molecule has 118 valence electrons. The van der Waals surface area contributed by atoms with Crippen LogP contribution < -0.4 is 14.8 Å². The molecule has 0 unspecified atom stereocenters. The predicted molar refractivity (Wildman–Crippen MR) is 86.5 cm³/mol. The third kappa shape index (κ3) is 3.26. The fourth-order valence-corrected chi connectivity index (χ4v) is 3.12. The smallest absolute Gasteiger partial charge is 0.225 e. The van der Waals surface area contributed by atoms with Crippen molar-refractivity contribution in [3.63, 3.8) is 0 Å². The van der Waals surface area contributed by atoms with Crippen molar-refractivity contribution in [1.29, 1.82) is 0 Å². The van der Waals surface area contributed by atoms with E-state index in [4.69, 9.17) is 9.47 Å². The van der Waals surface area contributed by atoms with Crippen molar-refractivity contribution in [2.45, 2.75) is 45.6 Å². The molecular weight excluding hydrogens is 278 g/mol. The van der Waals surface area contributed by atoms with Crippen molar-refractivity contribution in [3.05, 3.63) is 29.8 Å². The zero-order valence-electron chi connectivity index (χ0n) is 13.2. The summed E-state index contributed by atoms with van der Waals surface area (Å²) in [5.41, 5.74) is 1.86. The van der Waals surface area contributed by atoms with E-state index in [0.717, 1.165) is 36.3 Å². The standard InChI is InChI=1S/C18H23NO3/c1-3-21-17-10-14-8-12(2)22-16(14)11-15(17)19-18(20)9-13-6-4-5-7-13/h4,6,10-13H,3,5,7-9H2,1-2H3,(H,19,20)/t12-,13-/m0/s1. The highest BCUT2D eigenvalue weighted by Crippen LogP contribution is 2.38. The molecule has 1 heterocycles. The fourth-order valence-electron chi connectivity index (χ4n) is 3.12. The van der Waals surface area contributed by atoms with Crippen molar-refractivity contribution in [2.24, 2.45) is 5.92 Å². The minimum Gasteiger partial charge on any atom is -0.492 e. The van der Waals surface area contributed by atoms with Crippen LogP contribution >= 0.6 is 0 Å². The Morgan fingerprint density at radius 3 is 3.05 bits per heavy atom. The van der Waals surface area contributed by atoms with Gasteiger partial charge in [-0.15, -0.1) is 0 Å². The molecule has 1 aromatic rings. The molecule has 0 aromatic heterocycles. The number of hydrogen-bond donors (Lipinski definition) is 1. The maximum atomic E-state index is 12.2. The van der Waals surface area contributed by atoms with E-state index < -0.39 is 0 Å². The van der Waals surface area contributed by atoms with Gasteiger partial charge in [-0.1, -0.05) is 12.2 Å². The zero-order chi connectivity index (χ0) is 15.5. The Labute approximate surface area is 131 Å². The Hall–Kier alpha value is -1.97. The summed E-state index contributed by atoms with van der Waals surface area (Å²) in [6.45, 7) is 4.57. The molecule has 1 N–H and O–H groups in total. The molecule has 3 rings (SSSR count). The third-order valence-electron chi connectivity index (χ3n) is 4.13. The number of amides is 1. The van der Waals surface area contributed by atoms with Crippen LogP contribution in [0, 0.1) is 5.92 Å². The van der Waals surface area contributed by atoms with Crippen LogP contribution in [-0.2, 0) is 11.2 Å². The van der Waals surface area contributed by atoms with Crippen LogP contribution in [0.5, 0.6) is 11.5 Å². The van der Waals surface area contributed by atoms with Crippen molar-refractivity contribution >= 4 is 11.6 Å². The van der Waals surface area contributed by atoms with E-state index in [9.17, 15) is 4.79 Å². The third-order valence-corrected chi connectivity index (χ3v) is 4.13. The van der Waals surface area contributed by atoms with E-state index in [0.29, 0.717) is 24.6 Å². The highest BCUT2D eigenvalue weighted by molar-refractivity contribution is 5.93. The van der Waals surface area contributed by atoms with Crippen LogP contribution in [-0.4, -0.2) is 18.6 Å². The van der Waals surface area contributed by atoms with Crippen molar-refractivity contribution in [3.8, 4) is 11.5 Å².